The smallest absolute Gasteiger partial charge is 0.262 e. The molecule has 0 bridgehead atoms. The molecule has 1 heterocycles. The molecule has 1 saturated heterocycles. The number of alkyl halides is 2. The van der Waals surface area contributed by atoms with E-state index in [9.17, 15) is 18.4 Å². The molecule has 0 spiro atoms. The summed E-state index contributed by atoms with van der Waals surface area (Å²) in [7, 11) is 1.54. The number of nitrogens with one attached hydrogen (secondary N) is 3. The van der Waals surface area contributed by atoms with Crippen molar-refractivity contribution in [2.75, 3.05) is 13.6 Å². The van der Waals surface area contributed by atoms with Gasteiger partial charge in [-0.2, -0.15) is 0 Å². The molecule has 1 aliphatic rings. The van der Waals surface area contributed by atoms with Crippen molar-refractivity contribution in [3.8, 4) is 0 Å². The van der Waals surface area contributed by atoms with Crippen molar-refractivity contribution in [2.45, 2.75) is 24.9 Å². The molecular weight excluding hydrogens is 280 g/mol. The number of carbonyl (C=O) groups is 2. The van der Waals surface area contributed by atoms with Crippen LogP contribution in [-0.4, -0.2) is 37.4 Å². The van der Waals surface area contributed by atoms with Gasteiger partial charge in [0.2, 0.25) is 5.91 Å². The first-order valence-corrected chi connectivity index (χ1v) is 6.61. The van der Waals surface area contributed by atoms with Crippen LogP contribution in [0.2, 0.25) is 0 Å². The third-order valence-corrected chi connectivity index (χ3v) is 3.34. The molecule has 114 valence electrons. The zero-order valence-corrected chi connectivity index (χ0v) is 11.6. The zero-order valence-electron chi connectivity index (χ0n) is 11.6. The van der Waals surface area contributed by atoms with E-state index in [1.807, 2.05) is 0 Å². The van der Waals surface area contributed by atoms with Gasteiger partial charge >= 0.3 is 0 Å². The molecule has 1 atom stereocenters. The monoisotopic (exact) mass is 297 g/mol. The number of hydrogen-bond donors (Lipinski definition) is 3. The highest BCUT2D eigenvalue weighted by Crippen LogP contribution is 2.25. The summed E-state index contributed by atoms with van der Waals surface area (Å²) in [6.07, 6.45) is -0.478. The molecule has 1 fully saturated rings. The van der Waals surface area contributed by atoms with Gasteiger partial charge in [-0.05, 0) is 17.7 Å². The van der Waals surface area contributed by atoms with Gasteiger partial charge in [0.25, 0.3) is 11.8 Å². The Morgan fingerprint density at radius 2 is 2.00 bits per heavy atom. The summed E-state index contributed by atoms with van der Waals surface area (Å²) in [5.74, 6) is -3.46. The summed E-state index contributed by atoms with van der Waals surface area (Å²) in [5, 5.41) is 7.61. The van der Waals surface area contributed by atoms with Crippen LogP contribution in [-0.2, 0) is 11.3 Å². The molecule has 1 aromatic rings. The van der Waals surface area contributed by atoms with Crippen LogP contribution >= 0.6 is 0 Å². The predicted molar refractivity (Wildman–Crippen MR) is 73.0 cm³/mol. The fourth-order valence-electron chi connectivity index (χ4n) is 2.13. The first kappa shape index (κ1) is 15.4. The van der Waals surface area contributed by atoms with Crippen LogP contribution in [0.5, 0.6) is 0 Å². The van der Waals surface area contributed by atoms with Gasteiger partial charge in [0, 0.05) is 25.6 Å². The Hall–Kier alpha value is -2.02. The Kier molecular flexibility index (Phi) is 4.52. The average Bonchev–Trinajstić information content (AvgIpc) is 2.84. The highest BCUT2D eigenvalue weighted by atomic mass is 19.3. The van der Waals surface area contributed by atoms with Gasteiger partial charge in [-0.15, -0.1) is 0 Å². The molecule has 0 saturated carbocycles. The van der Waals surface area contributed by atoms with Crippen molar-refractivity contribution < 1.29 is 18.4 Å². The van der Waals surface area contributed by atoms with Gasteiger partial charge < -0.3 is 10.6 Å². The van der Waals surface area contributed by atoms with Gasteiger partial charge in [0.15, 0.2) is 0 Å². The number of hydrogen-bond acceptors (Lipinski definition) is 3. The van der Waals surface area contributed by atoms with Gasteiger partial charge in [-0.3, -0.25) is 14.9 Å². The molecule has 0 aromatic heterocycles. The second kappa shape index (κ2) is 6.17. The topological polar surface area (TPSA) is 70.2 Å². The summed E-state index contributed by atoms with van der Waals surface area (Å²) in [6, 6.07) is 5.85. The standard InChI is InChI=1S/C14H17F2N3O2/c1-17-12(20)10-4-2-9(3-5-10)7-18-13(21)11-6-14(15,16)8-19-11/h2-5,11,19H,6-8H2,1H3,(H,17,20)(H,18,21). The Bertz CT molecular complexity index is 532. The number of halogens is 2. The van der Waals surface area contributed by atoms with Crippen LogP contribution in [0.4, 0.5) is 8.78 Å². The van der Waals surface area contributed by atoms with Crippen LogP contribution < -0.4 is 16.0 Å². The maximum atomic E-state index is 13.0. The van der Waals surface area contributed by atoms with Crippen molar-refractivity contribution in [3.63, 3.8) is 0 Å². The zero-order chi connectivity index (χ0) is 15.5. The molecule has 0 radical (unpaired) electrons. The highest BCUT2D eigenvalue weighted by Gasteiger charge is 2.42. The largest absolute Gasteiger partial charge is 0.355 e. The van der Waals surface area contributed by atoms with E-state index >= 15 is 0 Å². The second-order valence-corrected chi connectivity index (χ2v) is 4.99. The molecule has 1 aliphatic heterocycles. The summed E-state index contributed by atoms with van der Waals surface area (Å²) in [6.45, 7) is -0.234. The first-order chi connectivity index (χ1) is 9.91. The number of carbonyl (C=O) groups excluding carboxylic acids is 2. The van der Waals surface area contributed by atoms with Crippen LogP contribution in [0.15, 0.2) is 24.3 Å². The Morgan fingerprint density at radius 3 is 2.52 bits per heavy atom. The van der Waals surface area contributed by atoms with E-state index in [1.54, 1.807) is 31.3 Å². The van der Waals surface area contributed by atoms with Crippen LogP contribution in [0.25, 0.3) is 0 Å². The number of benzene rings is 1. The van der Waals surface area contributed by atoms with Crippen LogP contribution in [0, 0.1) is 0 Å². The predicted octanol–water partition coefficient (Wildman–Crippen LogP) is 0.660. The van der Waals surface area contributed by atoms with E-state index in [2.05, 4.69) is 16.0 Å². The molecule has 7 heteroatoms. The maximum Gasteiger partial charge on any atom is 0.262 e. The summed E-state index contributed by atoms with van der Waals surface area (Å²) >= 11 is 0. The lowest BCUT2D eigenvalue weighted by Crippen LogP contribution is -2.40. The minimum absolute atomic E-state index is 0.192. The van der Waals surface area contributed by atoms with E-state index < -0.39 is 30.8 Å². The molecule has 5 nitrogen and oxygen atoms in total. The highest BCUT2D eigenvalue weighted by molar-refractivity contribution is 5.93. The maximum absolute atomic E-state index is 13.0. The van der Waals surface area contributed by atoms with E-state index in [-0.39, 0.29) is 12.5 Å². The van der Waals surface area contributed by atoms with Crippen molar-refractivity contribution in [1.29, 1.82) is 0 Å². The molecule has 0 aliphatic carbocycles. The normalized spacial score (nSPS) is 20.0. The quantitative estimate of drug-likeness (QED) is 0.764. The van der Waals surface area contributed by atoms with Gasteiger partial charge in [0.1, 0.15) is 0 Å². The fraction of sp³-hybridized carbons (Fsp3) is 0.429. The average molecular weight is 297 g/mol. The lowest BCUT2D eigenvalue weighted by molar-refractivity contribution is -0.123. The van der Waals surface area contributed by atoms with Gasteiger partial charge in [0.05, 0.1) is 12.6 Å². The van der Waals surface area contributed by atoms with Crippen LogP contribution in [0.3, 0.4) is 0 Å². The van der Waals surface area contributed by atoms with Gasteiger partial charge in [-0.1, -0.05) is 12.1 Å². The van der Waals surface area contributed by atoms with Gasteiger partial charge in [-0.25, -0.2) is 8.78 Å². The first-order valence-electron chi connectivity index (χ1n) is 6.61. The van der Waals surface area contributed by atoms with E-state index in [1.165, 1.54) is 0 Å². The van der Waals surface area contributed by atoms with Crippen molar-refractivity contribution in [1.82, 2.24) is 16.0 Å². The summed E-state index contributed by atoms with van der Waals surface area (Å²) in [4.78, 5) is 23.1. The lowest BCUT2D eigenvalue weighted by Gasteiger charge is -2.11. The van der Waals surface area contributed by atoms with E-state index in [0.717, 1.165) is 5.56 Å². The van der Waals surface area contributed by atoms with Crippen LogP contribution in [0.1, 0.15) is 22.3 Å². The molecule has 1 aromatic carbocycles. The minimum Gasteiger partial charge on any atom is -0.355 e. The molecule has 1 unspecified atom stereocenters. The SMILES string of the molecule is CNC(=O)c1ccc(CNC(=O)C2CC(F)(F)CN2)cc1. The number of amides is 2. The Balaban J connectivity index is 1.86. The minimum atomic E-state index is -2.82. The third-order valence-electron chi connectivity index (χ3n) is 3.34. The molecule has 21 heavy (non-hydrogen) atoms. The van der Waals surface area contributed by atoms with Crippen molar-refractivity contribution >= 4 is 11.8 Å². The molecule has 2 rings (SSSR count). The van der Waals surface area contributed by atoms with Crippen molar-refractivity contribution in [2.24, 2.45) is 0 Å². The fourth-order valence-corrected chi connectivity index (χ4v) is 2.13. The Morgan fingerprint density at radius 1 is 1.33 bits per heavy atom. The lowest BCUT2D eigenvalue weighted by atomic mass is 10.1. The van der Waals surface area contributed by atoms with Crippen molar-refractivity contribution in [3.05, 3.63) is 35.4 Å². The second-order valence-electron chi connectivity index (χ2n) is 4.99. The molecule has 3 N–H and O–H groups in total. The van der Waals surface area contributed by atoms with E-state index in [0.29, 0.717) is 5.56 Å². The molecular formula is C14H17F2N3O2. The summed E-state index contributed by atoms with van der Waals surface area (Å²) in [5.41, 5.74) is 1.31. The number of rotatable bonds is 4. The third kappa shape index (κ3) is 3.98. The molecule has 2 amide bonds. The summed E-state index contributed by atoms with van der Waals surface area (Å²) < 4.78 is 26.0. The van der Waals surface area contributed by atoms with E-state index in [4.69, 9.17) is 0 Å². The Labute approximate surface area is 121 Å².